The second-order valence-corrected chi connectivity index (χ2v) is 7.16. The molecule has 0 N–H and O–H groups in total. The number of hydrogen-bond acceptors (Lipinski definition) is 2. The standard InChI is InChI=1S/C16H18I2N2/c1-3-4-5-15-14(16(18)20-11(2)19-15)10-12-6-8-13(17)9-7-12/h6-9H,3-5,10H2,1-2H3. The van der Waals surface area contributed by atoms with Crippen LogP contribution in [0.25, 0.3) is 0 Å². The number of rotatable bonds is 5. The van der Waals surface area contributed by atoms with Gasteiger partial charge in [0.1, 0.15) is 9.53 Å². The van der Waals surface area contributed by atoms with Crippen molar-refractivity contribution in [2.24, 2.45) is 0 Å². The molecule has 0 unspecified atom stereocenters. The molecular weight excluding hydrogens is 474 g/mol. The molecule has 0 radical (unpaired) electrons. The Bertz CT molecular complexity index is 580. The molecule has 1 heterocycles. The number of aromatic nitrogens is 2. The summed E-state index contributed by atoms with van der Waals surface area (Å²) < 4.78 is 2.37. The van der Waals surface area contributed by atoms with Crippen molar-refractivity contribution in [3.63, 3.8) is 0 Å². The lowest BCUT2D eigenvalue weighted by molar-refractivity contribution is 0.753. The van der Waals surface area contributed by atoms with Gasteiger partial charge in [-0.05, 0) is 82.6 Å². The molecular formula is C16H18I2N2. The first-order valence-corrected chi connectivity index (χ1v) is 9.02. The minimum Gasteiger partial charge on any atom is -0.238 e. The molecule has 2 nitrogen and oxygen atoms in total. The summed E-state index contributed by atoms with van der Waals surface area (Å²) in [5.74, 6) is 0.881. The average molecular weight is 492 g/mol. The fraction of sp³-hybridized carbons (Fsp3) is 0.375. The van der Waals surface area contributed by atoms with E-state index in [1.807, 2.05) is 6.92 Å². The highest BCUT2D eigenvalue weighted by atomic mass is 127. The lowest BCUT2D eigenvalue weighted by Crippen LogP contribution is -2.07. The van der Waals surface area contributed by atoms with E-state index < -0.39 is 0 Å². The van der Waals surface area contributed by atoms with Crippen LogP contribution in [0.15, 0.2) is 24.3 Å². The van der Waals surface area contributed by atoms with E-state index in [1.54, 1.807) is 0 Å². The van der Waals surface area contributed by atoms with Crippen molar-refractivity contribution in [3.8, 4) is 0 Å². The average Bonchev–Trinajstić information content (AvgIpc) is 2.42. The number of nitrogens with zero attached hydrogens (tertiary/aromatic N) is 2. The van der Waals surface area contributed by atoms with Crippen LogP contribution in [0.5, 0.6) is 0 Å². The topological polar surface area (TPSA) is 25.8 Å². The van der Waals surface area contributed by atoms with Crippen molar-refractivity contribution in [2.45, 2.75) is 39.5 Å². The van der Waals surface area contributed by atoms with Crippen molar-refractivity contribution in [1.82, 2.24) is 9.97 Å². The van der Waals surface area contributed by atoms with Gasteiger partial charge in [0.25, 0.3) is 0 Å². The van der Waals surface area contributed by atoms with Gasteiger partial charge >= 0.3 is 0 Å². The maximum atomic E-state index is 4.67. The van der Waals surface area contributed by atoms with Gasteiger partial charge in [-0.15, -0.1) is 0 Å². The van der Waals surface area contributed by atoms with Crippen LogP contribution in [-0.4, -0.2) is 9.97 Å². The number of unbranched alkanes of at least 4 members (excludes halogenated alkanes) is 1. The van der Waals surface area contributed by atoms with Crippen molar-refractivity contribution in [3.05, 3.63) is 54.2 Å². The number of hydrogen-bond donors (Lipinski definition) is 0. The molecule has 0 aliphatic heterocycles. The molecule has 1 aromatic heterocycles. The van der Waals surface area contributed by atoms with Gasteiger partial charge in [-0.3, -0.25) is 0 Å². The molecule has 4 heteroatoms. The Morgan fingerprint density at radius 2 is 1.75 bits per heavy atom. The molecule has 0 saturated carbocycles. The first-order chi connectivity index (χ1) is 9.60. The Morgan fingerprint density at radius 1 is 1.05 bits per heavy atom. The van der Waals surface area contributed by atoms with Crippen LogP contribution in [0.1, 0.15) is 42.4 Å². The van der Waals surface area contributed by atoms with E-state index >= 15 is 0 Å². The minimum absolute atomic E-state index is 0.881. The molecule has 0 aliphatic rings. The SMILES string of the molecule is CCCCc1nc(C)nc(I)c1Cc1ccc(I)cc1. The number of halogens is 2. The Balaban J connectivity index is 2.31. The third-order valence-electron chi connectivity index (χ3n) is 3.22. The highest BCUT2D eigenvalue weighted by Gasteiger charge is 2.11. The maximum Gasteiger partial charge on any atom is 0.126 e. The molecule has 106 valence electrons. The van der Waals surface area contributed by atoms with Gasteiger partial charge in [0.2, 0.25) is 0 Å². The largest absolute Gasteiger partial charge is 0.238 e. The zero-order valence-corrected chi connectivity index (χ0v) is 16.1. The summed E-state index contributed by atoms with van der Waals surface area (Å²) >= 11 is 4.68. The lowest BCUT2D eigenvalue weighted by atomic mass is 10.0. The monoisotopic (exact) mass is 492 g/mol. The Kier molecular flexibility index (Phi) is 6.20. The van der Waals surface area contributed by atoms with E-state index in [0.717, 1.165) is 22.4 Å². The predicted octanol–water partition coefficient (Wildman–Crippen LogP) is 4.93. The van der Waals surface area contributed by atoms with Gasteiger partial charge in [0, 0.05) is 21.2 Å². The fourth-order valence-electron chi connectivity index (χ4n) is 2.15. The number of aryl methyl sites for hydroxylation is 2. The molecule has 0 saturated heterocycles. The molecule has 0 amide bonds. The van der Waals surface area contributed by atoms with Crippen LogP contribution in [-0.2, 0) is 12.8 Å². The van der Waals surface area contributed by atoms with Crippen molar-refractivity contribution >= 4 is 45.2 Å². The summed E-state index contributed by atoms with van der Waals surface area (Å²) in [6, 6.07) is 8.70. The smallest absolute Gasteiger partial charge is 0.126 e. The molecule has 2 rings (SSSR count). The minimum atomic E-state index is 0.881. The second-order valence-electron chi connectivity index (χ2n) is 4.89. The zero-order valence-electron chi connectivity index (χ0n) is 11.8. The van der Waals surface area contributed by atoms with Crippen LogP contribution in [0, 0.1) is 14.2 Å². The summed E-state index contributed by atoms with van der Waals surface area (Å²) in [6.07, 6.45) is 4.36. The maximum absolute atomic E-state index is 4.67. The van der Waals surface area contributed by atoms with Crippen molar-refractivity contribution in [1.29, 1.82) is 0 Å². The summed E-state index contributed by atoms with van der Waals surface area (Å²) in [6.45, 7) is 4.20. The summed E-state index contributed by atoms with van der Waals surface area (Å²) in [4.78, 5) is 9.20. The quantitative estimate of drug-likeness (QED) is 0.438. The van der Waals surface area contributed by atoms with Crippen LogP contribution < -0.4 is 0 Å². The van der Waals surface area contributed by atoms with Gasteiger partial charge in [0.15, 0.2) is 0 Å². The third kappa shape index (κ3) is 4.38. The fourth-order valence-corrected chi connectivity index (χ4v) is 3.36. The molecule has 1 aromatic carbocycles. The van der Waals surface area contributed by atoms with E-state index in [1.165, 1.54) is 33.2 Å². The molecule has 0 spiro atoms. The molecule has 0 fully saturated rings. The molecule has 2 aromatic rings. The Hall–Kier alpha value is -0.240. The van der Waals surface area contributed by atoms with E-state index in [4.69, 9.17) is 0 Å². The van der Waals surface area contributed by atoms with Crippen LogP contribution in [0.3, 0.4) is 0 Å². The van der Waals surface area contributed by atoms with Gasteiger partial charge in [-0.2, -0.15) is 0 Å². The van der Waals surface area contributed by atoms with Gasteiger partial charge in [-0.25, -0.2) is 9.97 Å². The summed E-state index contributed by atoms with van der Waals surface area (Å²) in [7, 11) is 0. The predicted molar refractivity (Wildman–Crippen MR) is 100 cm³/mol. The van der Waals surface area contributed by atoms with E-state index in [-0.39, 0.29) is 0 Å². The third-order valence-corrected chi connectivity index (χ3v) is 4.83. The first-order valence-electron chi connectivity index (χ1n) is 6.86. The van der Waals surface area contributed by atoms with E-state index in [9.17, 15) is 0 Å². The normalized spacial score (nSPS) is 10.8. The molecule has 0 atom stereocenters. The lowest BCUT2D eigenvalue weighted by Gasteiger charge is -2.11. The van der Waals surface area contributed by atoms with E-state index in [2.05, 4.69) is 86.3 Å². The zero-order chi connectivity index (χ0) is 14.5. The highest BCUT2D eigenvalue weighted by molar-refractivity contribution is 14.1. The van der Waals surface area contributed by atoms with Crippen LogP contribution in [0.2, 0.25) is 0 Å². The van der Waals surface area contributed by atoms with Crippen LogP contribution >= 0.6 is 45.2 Å². The van der Waals surface area contributed by atoms with Crippen molar-refractivity contribution < 1.29 is 0 Å². The molecule has 0 bridgehead atoms. The van der Waals surface area contributed by atoms with Crippen molar-refractivity contribution in [2.75, 3.05) is 0 Å². The van der Waals surface area contributed by atoms with Gasteiger partial charge < -0.3 is 0 Å². The van der Waals surface area contributed by atoms with Gasteiger partial charge in [-0.1, -0.05) is 25.5 Å². The first kappa shape index (κ1) is 16.1. The molecule has 20 heavy (non-hydrogen) atoms. The van der Waals surface area contributed by atoms with Crippen LogP contribution in [0.4, 0.5) is 0 Å². The number of benzene rings is 1. The van der Waals surface area contributed by atoms with Gasteiger partial charge in [0.05, 0.1) is 0 Å². The summed E-state index contributed by atoms with van der Waals surface area (Å²) in [5, 5.41) is 0. The summed E-state index contributed by atoms with van der Waals surface area (Å²) in [5.41, 5.74) is 3.85. The highest BCUT2D eigenvalue weighted by Crippen LogP contribution is 2.20. The Labute approximate surface area is 148 Å². The second kappa shape index (κ2) is 7.68. The molecule has 0 aliphatic carbocycles. The van der Waals surface area contributed by atoms with E-state index in [0.29, 0.717) is 0 Å². The Morgan fingerprint density at radius 3 is 2.40 bits per heavy atom.